The topological polar surface area (TPSA) is 96.1 Å². The average molecular weight is 246 g/mol. The van der Waals surface area contributed by atoms with Crippen LogP contribution in [-0.4, -0.2) is 19.0 Å². The number of amides is 1. The summed E-state index contributed by atoms with van der Waals surface area (Å²) < 4.78 is 0. The number of nitrogen functional groups attached to an aromatic ring is 1. The fraction of sp³-hybridized carbons (Fsp3) is 0.385. The van der Waals surface area contributed by atoms with Gasteiger partial charge in [-0.05, 0) is 32.0 Å². The Kier molecular flexibility index (Phi) is 4.55. The van der Waals surface area contributed by atoms with Crippen molar-refractivity contribution in [1.29, 1.82) is 5.26 Å². The molecule has 5 heteroatoms. The van der Waals surface area contributed by atoms with E-state index in [0.29, 0.717) is 17.8 Å². The maximum atomic E-state index is 11.2. The summed E-state index contributed by atoms with van der Waals surface area (Å²) in [6.07, 6.45) is 0. The molecule has 0 aromatic heterocycles. The SMILES string of the molecule is CCN(CC(C)C#N)c1ccc(N)c(C(N)=O)c1. The lowest BCUT2D eigenvalue weighted by Gasteiger charge is -2.24. The molecule has 0 aliphatic heterocycles. The van der Waals surface area contributed by atoms with Gasteiger partial charge in [0.15, 0.2) is 0 Å². The largest absolute Gasteiger partial charge is 0.398 e. The molecule has 1 atom stereocenters. The highest BCUT2D eigenvalue weighted by Crippen LogP contribution is 2.21. The fourth-order valence-electron chi connectivity index (χ4n) is 1.74. The Hall–Kier alpha value is -2.22. The van der Waals surface area contributed by atoms with Gasteiger partial charge in [-0.2, -0.15) is 5.26 Å². The summed E-state index contributed by atoms with van der Waals surface area (Å²) in [5.41, 5.74) is 12.5. The van der Waals surface area contributed by atoms with Crippen LogP contribution in [-0.2, 0) is 0 Å². The van der Waals surface area contributed by atoms with E-state index in [4.69, 9.17) is 16.7 Å². The van der Waals surface area contributed by atoms with E-state index in [9.17, 15) is 4.79 Å². The first-order valence-electron chi connectivity index (χ1n) is 5.83. The van der Waals surface area contributed by atoms with Crippen LogP contribution in [0.2, 0.25) is 0 Å². The van der Waals surface area contributed by atoms with E-state index in [1.54, 1.807) is 12.1 Å². The molecule has 1 aromatic rings. The van der Waals surface area contributed by atoms with Gasteiger partial charge in [0.2, 0.25) is 0 Å². The predicted octanol–water partition coefficient (Wildman–Crippen LogP) is 1.35. The Morgan fingerprint density at radius 1 is 1.56 bits per heavy atom. The number of benzene rings is 1. The van der Waals surface area contributed by atoms with Gasteiger partial charge in [-0.3, -0.25) is 4.79 Å². The van der Waals surface area contributed by atoms with E-state index in [1.807, 2.05) is 24.8 Å². The highest BCUT2D eigenvalue weighted by atomic mass is 16.1. The number of anilines is 2. The number of nitrogens with two attached hydrogens (primary N) is 2. The Bertz CT molecular complexity index is 478. The number of carbonyl (C=O) groups excluding carboxylic acids is 1. The van der Waals surface area contributed by atoms with Gasteiger partial charge in [-0.1, -0.05) is 0 Å². The third-order valence-corrected chi connectivity index (χ3v) is 2.76. The summed E-state index contributed by atoms with van der Waals surface area (Å²) in [4.78, 5) is 13.2. The van der Waals surface area contributed by atoms with Gasteiger partial charge in [0.25, 0.3) is 5.91 Å². The van der Waals surface area contributed by atoms with Crippen LogP contribution < -0.4 is 16.4 Å². The summed E-state index contributed by atoms with van der Waals surface area (Å²) >= 11 is 0. The van der Waals surface area contributed by atoms with Crippen LogP contribution in [0.15, 0.2) is 18.2 Å². The zero-order chi connectivity index (χ0) is 13.7. The molecule has 0 aliphatic carbocycles. The van der Waals surface area contributed by atoms with Crippen molar-refractivity contribution in [1.82, 2.24) is 0 Å². The number of carbonyl (C=O) groups is 1. The van der Waals surface area contributed by atoms with E-state index >= 15 is 0 Å². The molecule has 1 amide bonds. The second kappa shape index (κ2) is 5.92. The van der Waals surface area contributed by atoms with Gasteiger partial charge >= 0.3 is 0 Å². The standard InChI is InChI=1S/C13H18N4O/c1-3-17(8-9(2)7-14)10-4-5-12(15)11(6-10)13(16)18/h4-6,9H,3,8,15H2,1-2H3,(H2,16,18). The molecule has 0 aliphatic rings. The van der Waals surface area contributed by atoms with Crippen LogP contribution in [0.25, 0.3) is 0 Å². The van der Waals surface area contributed by atoms with Crippen LogP contribution in [0, 0.1) is 17.2 Å². The Labute approximate surface area is 107 Å². The number of nitrogens with zero attached hydrogens (tertiary/aromatic N) is 2. The number of rotatable bonds is 5. The maximum Gasteiger partial charge on any atom is 0.250 e. The number of primary amides is 1. The van der Waals surface area contributed by atoms with Gasteiger partial charge in [0.05, 0.1) is 17.6 Å². The molecular weight excluding hydrogens is 228 g/mol. The third-order valence-electron chi connectivity index (χ3n) is 2.76. The smallest absolute Gasteiger partial charge is 0.250 e. The van der Waals surface area contributed by atoms with Crippen LogP contribution >= 0.6 is 0 Å². The molecule has 0 saturated carbocycles. The van der Waals surface area contributed by atoms with Crippen molar-refractivity contribution in [3.05, 3.63) is 23.8 Å². The van der Waals surface area contributed by atoms with Gasteiger partial charge in [0, 0.05) is 24.5 Å². The molecule has 4 N–H and O–H groups in total. The predicted molar refractivity (Wildman–Crippen MR) is 72.0 cm³/mol. The zero-order valence-electron chi connectivity index (χ0n) is 10.7. The van der Waals surface area contributed by atoms with Crippen molar-refractivity contribution >= 4 is 17.3 Å². The molecule has 0 saturated heterocycles. The van der Waals surface area contributed by atoms with Crippen molar-refractivity contribution < 1.29 is 4.79 Å². The highest BCUT2D eigenvalue weighted by Gasteiger charge is 2.12. The van der Waals surface area contributed by atoms with Gasteiger partial charge < -0.3 is 16.4 Å². The average Bonchev–Trinajstić information content (AvgIpc) is 2.36. The Morgan fingerprint density at radius 2 is 2.22 bits per heavy atom. The normalized spacial score (nSPS) is 11.6. The lowest BCUT2D eigenvalue weighted by atomic mass is 10.1. The number of nitriles is 1. The second-order valence-corrected chi connectivity index (χ2v) is 4.20. The van der Waals surface area contributed by atoms with Crippen LogP contribution in [0.3, 0.4) is 0 Å². The quantitative estimate of drug-likeness (QED) is 0.766. The number of hydrogen-bond acceptors (Lipinski definition) is 4. The highest BCUT2D eigenvalue weighted by molar-refractivity contribution is 5.99. The Morgan fingerprint density at radius 3 is 2.72 bits per heavy atom. The second-order valence-electron chi connectivity index (χ2n) is 4.20. The minimum Gasteiger partial charge on any atom is -0.398 e. The van der Waals surface area contributed by atoms with E-state index < -0.39 is 5.91 Å². The Balaban J connectivity index is 3.04. The molecule has 18 heavy (non-hydrogen) atoms. The number of hydrogen-bond donors (Lipinski definition) is 2. The molecule has 5 nitrogen and oxygen atoms in total. The molecule has 0 fully saturated rings. The van der Waals surface area contributed by atoms with Crippen LogP contribution in [0.4, 0.5) is 11.4 Å². The molecule has 1 aromatic carbocycles. The van der Waals surface area contributed by atoms with Crippen molar-refractivity contribution in [2.45, 2.75) is 13.8 Å². The van der Waals surface area contributed by atoms with Crippen molar-refractivity contribution in [3.8, 4) is 6.07 Å². The summed E-state index contributed by atoms with van der Waals surface area (Å²) in [6, 6.07) is 7.35. The molecule has 0 heterocycles. The minimum absolute atomic E-state index is 0.0838. The fourth-order valence-corrected chi connectivity index (χ4v) is 1.74. The summed E-state index contributed by atoms with van der Waals surface area (Å²) in [6.45, 7) is 5.20. The molecule has 0 radical (unpaired) electrons. The van der Waals surface area contributed by atoms with E-state index in [2.05, 4.69) is 6.07 Å². The van der Waals surface area contributed by atoms with Crippen molar-refractivity contribution in [2.75, 3.05) is 23.7 Å². The first-order chi connectivity index (χ1) is 8.49. The van der Waals surface area contributed by atoms with Crippen LogP contribution in [0.5, 0.6) is 0 Å². The maximum absolute atomic E-state index is 11.2. The van der Waals surface area contributed by atoms with Gasteiger partial charge in [-0.25, -0.2) is 0 Å². The molecule has 1 rings (SSSR count). The summed E-state index contributed by atoms with van der Waals surface area (Å²) in [5.74, 6) is -0.627. The van der Waals surface area contributed by atoms with E-state index in [0.717, 1.165) is 12.2 Å². The van der Waals surface area contributed by atoms with E-state index in [1.165, 1.54) is 0 Å². The minimum atomic E-state index is -0.543. The van der Waals surface area contributed by atoms with E-state index in [-0.39, 0.29) is 5.92 Å². The summed E-state index contributed by atoms with van der Waals surface area (Å²) in [7, 11) is 0. The van der Waals surface area contributed by atoms with Crippen LogP contribution in [0.1, 0.15) is 24.2 Å². The third kappa shape index (κ3) is 3.14. The summed E-state index contributed by atoms with van der Waals surface area (Å²) in [5, 5.41) is 8.84. The first-order valence-corrected chi connectivity index (χ1v) is 5.83. The van der Waals surface area contributed by atoms with Crippen molar-refractivity contribution in [3.63, 3.8) is 0 Å². The molecule has 0 bridgehead atoms. The molecular formula is C13H18N4O. The van der Waals surface area contributed by atoms with Crippen molar-refractivity contribution in [2.24, 2.45) is 11.7 Å². The lowest BCUT2D eigenvalue weighted by Crippen LogP contribution is -2.28. The first kappa shape index (κ1) is 13.8. The zero-order valence-corrected chi connectivity index (χ0v) is 10.7. The lowest BCUT2D eigenvalue weighted by molar-refractivity contribution is 0.100. The van der Waals surface area contributed by atoms with Gasteiger partial charge in [0.1, 0.15) is 0 Å². The molecule has 0 spiro atoms. The monoisotopic (exact) mass is 246 g/mol. The molecule has 1 unspecified atom stereocenters. The van der Waals surface area contributed by atoms with Gasteiger partial charge in [-0.15, -0.1) is 0 Å². The molecule has 96 valence electrons.